The molecule has 0 fully saturated rings. The van der Waals surface area contributed by atoms with E-state index in [1.165, 1.54) is 18.2 Å². The molecule has 0 bridgehead atoms. The van der Waals surface area contributed by atoms with Gasteiger partial charge in [0, 0.05) is 23.5 Å². The highest BCUT2D eigenvalue weighted by atomic mass is 32.1. The zero-order valence-electron chi connectivity index (χ0n) is 9.53. The molecule has 0 radical (unpaired) electrons. The average molecular weight is 241 g/mol. The predicted molar refractivity (Wildman–Crippen MR) is 65.5 cm³/mol. The van der Waals surface area contributed by atoms with E-state index in [1.807, 2.05) is 13.8 Å². The highest BCUT2D eigenvalue weighted by molar-refractivity contribution is 7.80. The Balaban J connectivity index is 2.90. The molecular formula is C12H16FNOS. The fourth-order valence-electron chi connectivity index (χ4n) is 1.50. The van der Waals surface area contributed by atoms with Crippen LogP contribution < -0.4 is 0 Å². The Morgan fingerprint density at radius 3 is 2.62 bits per heavy atom. The van der Waals surface area contributed by atoms with Crippen molar-refractivity contribution in [2.24, 2.45) is 0 Å². The highest BCUT2D eigenvalue weighted by Gasteiger charge is 2.14. The highest BCUT2D eigenvalue weighted by Crippen LogP contribution is 2.15. The zero-order valence-corrected chi connectivity index (χ0v) is 10.4. The summed E-state index contributed by atoms with van der Waals surface area (Å²) in [4.78, 5) is 13.9. The van der Waals surface area contributed by atoms with Crippen molar-refractivity contribution in [3.8, 4) is 0 Å². The second kappa shape index (κ2) is 5.89. The molecule has 0 heterocycles. The number of amides is 1. The summed E-state index contributed by atoms with van der Waals surface area (Å²) in [5.41, 5.74) is 0.488. The van der Waals surface area contributed by atoms with Gasteiger partial charge in [0.1, 0.15) is 5.82 Å². The third kappa shape index (κ3) is 2.98. The molecule has 0 atom stereocenters. The molecule has 1 aromatic rings. The van der Waals surface area contributed by atoms with Crippen LogP contribution in [0.1, 0.15) is 30.6 Å². The number of nitrogens with zero attached hydrogens (tertiary/aromatic N) is 1. The lowest BCUT2D eigenvalue weighted by atomic mass is 10.2. The van der Waals surface area contributed by atoms with Crippen LogP contribution >= 0.6 is 12.6 Å². The summed E-state index contributed by atoms with van der Waals surface area (Å²) in [6.45, 7) is 5.32. The summed E-state index contributed by atoms with van der Waals surface area (Å²) < 4.78 is 13.0. The molecule has 4 heteroatoms. The fraction of sp³-hybridized carbons (Fsp3) is 0.417. The lowest BCUT2D eigenvalue weighted by Gasteiger charge is -2.20. The molecule has 16 heavy (non-hydrogen) atoms. The second-order valence-corrected chi connectivity index (χ2v) is 4.03. The van der Waals surface area contributed by atoms with Gasteiger partial charge >= 0.3 is 0 Å². The third-order valence-electron chi connectivity index (χ3n) is 2.36. The normalized spacial score (nSPS) is 10.2. The molecule has 88 valence electrons. The van der Waals surface area contributed by atoms with E-state index in [0.29, 0.717) is 18.7 Å². The first kappa shape index (κ1) is 13.0. The molecule has 1 amide bonds. The molecule has 0 aliphatic carbocycles. The van der Waals surface area contributed by atoms with Crippen LogP contribution in [0.4, 0.5) is 4.39 Å². The van der Waals surface area contributed by atoms with E-state index in [0.717, 1.165) is 6.42 Å². The van der Waals surface area contributed by atoms with Gasteiger partial charge in [-0.15, -0.1) is 12.6 Å². The van der Waals surface area contributed by atoms with E-state index in [9.17, 15) is 9.18 Å². The van der Waals surface area contributed by atoms with Gasteiger partial charge in [-0.05, 0) is 31.5 Å². The van der Waals surface area contributed by atoms with Crippen molar-refractivity contribution in [2.75, 3.05) is 13.1 Å². The molecule has 0 aliphatic heterocycles. The van der Waals surface area contributed by atoms with Crippen LogP contribution in [0, 0.1) is 5.82 Å². The van der Waals surface area contributed by atoms with Crippen LogP contribution in [0.15, 0.2) is 23.1 Å². The number of benzene rings is 1. The number of carbonyl (C=O) groups excluding carboxylic acids is 1. The van der Waals surface area contributed by atoms with Crippen LogP contribution in [-0.2, 0) is 0 Å². The topological polar surface area (TPSA) is 20.3 Å². The minimum Gasteiger partial charge on any atom is -0.339 e. The van der Waals surface area contributed by atoms with Gasteiger partial charge < -0.3 is 4.90 Å². The van der Waals surface area contributed by atoms with Crippen molar-refractivity contribution in [1.29, 1.82) is 0 Å². The summed E-state index contributed by atoms with van der Waals surface area (Å²) in [7, 11) is 0. The quantitative estimate of drug-likeness (QED) is 0.803. The van der Waals surface area contributed by atoms with Crippen molar-refractivity contribution >= 4 is 18.5 Å². The summed E-state index contributed by atoms with van der Waals surface area (Å²) in [6, 6.07) is 4.24. The van der Waals surface area contributed by atoms with E-state index in [-0.39, 0.29) is 10.8 Å². The lowest BCUT2D eigenvalue weighted by molar-refractivity contribution is 0.0764. The van der Waals surface area contributed by atoms with Crippen LogP contribution in [0.3, 0.4) is 0 Å². The van der Waals surface area contributed by atoms with Crippen LogP contribution in [0.2, 0.25) is 0 Å². The SMILES string of the molecule is CCCN(CC)C(=O)c1ccc(F)c(S)c1. The average Bonchev–Trinajstić information content (AvgIpc) is 2.28. The van der Waals surface area contributed by atoms with Gasteiger partial charge in [-0.2, -0.15) is 0 Å². The minimum absolute atomic E-state index is 0.0698. The maximum absolute atomic E-state index is 13.0. The number of halogens is 1. The van der Waals surface area contributed by atoms with E-state index in [1.54, 1.807) is 4.90 Å². The first-order valence-corrected chi connectivity index (χ1v) is 5.82. The molecule has 0 saturated heterocycles. The number of hydrogen-bond donors (Lipinski definition) is 1. The molecule has 0 N–H and O–H groups in total. The van der Waals surface area contributed by atoms with Crippen molar-refractivity contribution < 1.29 is 9.18 Å². The van der Waals surface area contributed by atoms with Gasteiger partial charge in [-0.3, -0.25) is 4.79 Å². The zero-order chi connectivity index (χ0) is 12.1. The van der Waals surface area contributed by atoms with Gasteiger partial charge in [-0.25, -0.2) is 4.39 Å². The first-order valence-electron chi connectivity index (χ1n) is 5.38. The predicted octanol–water partition coefficient (Wildman–Crippen LogP) is 2.99. The molecular weight excluding hydrogens is 225 g/mol. The molecule has 0 saturated carbocycles. The summed E-state index contributed by atoms with van der Waals surface area (Å²) in [6.07, 6.45) is 0.911. The second-order valence-electron chi connectivity index (χ2n) is 3.55. The van der Waals surface area contributed by atoms with Crippen LogP contribution in [0.5, 0.6) is 0 Å². The minimum atomic E-state index is -0.404. The molecule has 2 nitrogen and oxygen atoms in total. The van der Waals surface area contributed by atoms with Crippen LogP contribution in [0.25, 0.3) is 0 Å². The molecule has 0 aliphatic rings. The van der Waals surface area contributed by atoms with E-state index >= 15 is 0 Å². The summed E-state index contributed by atoms with van der Waals surface area (Å²) in [5.74, 6) is -0.474. The van der Waals surface area contributed by atoms with E-state index < -0.39 is 5.82 Å². The van der Waals surface area contributed by atoms with Gasteiger partial charge in [-0.1, -0.05) is 6.92 Å². The Hall–Kier alpha value is -1.03. The molecule has 0 aromatic heterocycles. The summed E-state index contributed by atoms with van der Waals surface area (Å²) in [5, 5.41) is 0. The Morgan fingerprint density at radius 2 is 2.12 bits per heavy atom. The maximum Gasteiger partial charge on any atom is 0.253 e. The molecule has 1 rings (SSSR count). The Labute approximate surface area is 101 Å². The van der Waals surface area contributed by atoms with Gasteiger partial charge in [0.25, 0.3) is 5.91 Å². The first-order chi connectivity index (χ1) is 7.60. The summed E-state index contributed by atoms with van der Waals surface area (Å²) >= 11 is 3.97. The Morgan fingerprint density at radius 1 is 1.44 bits per heavy atom. The number of thiol groups is 1. The van der Waals surface area contributed by atoms with Gasteiger partial charge in [0.15, 0.2) is 0 Å². The van der Waals surface area contributed by atoms with E-state index in [2.05, 4.69) is 12.6 Å². The largest absolute Gasteiger partial charge is 0.339 e. The number of carbonyl (C=O) groups is 1. The van der Waals surface area contributed by atoms with Crippen molar-refractivity contribution in [3.05, 3.63) is 29.6 Å². The third-order valence-corrected chi connectivity index (χ3v) is 2.70. The van der Waals surface area contributed by atoms with Crippen molar-refractivity contribution in [3.63, 3.8) is 0 Å². The van der Waals surface area contributed by atoms with Gasteiger partial charge in [0.2, 0.25) is 0 Å². The number of rotatable bonds is 4. The molecule has 1 aromatic carbocycles. The Kier molecular flexibility index (Phi) is 4.80. The fourth-order valence-corrected chi connectivity index (χ4v) is 1.72. The molecule has 0 unspecified atom stereocenters. The standard InChI is InChI=1S/C12H16FNOS/c1-3-7-14(4-2)12(15)9-5-6-10(13)11(16)8-9/h5-6,8,16H,3-4,7H2,1-2H3. The number of hydrogen-bond acceptors (Lipinski definition) is 2. The van der Waals surface area contributed by atoms with Gasteiger partial charge in [0.05, 0.1) is 0 Å². The Bertz CT molecular complexity index is 381. The smallest absolute Gasteiger partial charge is 0.253 e. The van der Waals surface area contributed by atoms with Crippen molar-refractivity contribution in [2.45, 2.75) is 25.2 Å². The lowest BCUT2D eigenvalue weighted by Crippen LogP contribution is -2.31. The van der Waals surface area contributed by atoms with E-state index in [4.69, 9.17) is 0 Å². The maximum atomic E-state index is 13.0. The molecule has 0 spiro atoms. The monoisotopic (exact) mass is 241 g/mol. The van der Waals surface area contributed by atoms with Crippen molar-refractivity contribution in [1.82, 2.24) is 4.90 Å². The van der Waals surface area contributed by atoms with Crippen LogP contribution in [-0.4, -0.2) is 23.9 Å².